The fourth-order valence-electron chi connectivity index (χ4n) is 3.64. The Morgan fingerprint density at radius 1 is 0.870 bits per heavy atom. The van der Waals surface area contributed by atoms with Gasteiger partial charge in [-0.3, -0.25) is 0 Å². The molecule has 0 spiro atoms. The molecule has 0 nitrogen and oxygen atoms in total. The fraction of sp³-hybridized carbons (Fsp3) is 0.0909. The molecule has 0 radical (unpaired) electrons. The zero-order valence-corrected chi connectivity index (χ0v) is 14.4. The Bertz CT molecular complexity index is 918. The summed E-state index contributed by atoms with van der Waals surface area (Å²) in [5, 5.41) is 3.68. The molecule has 0 bridgehead atoms. The number of fused-ring (bicyclic) bond motifs is 3. The Morgan fingerprint density at radius 2 is 1.57 bits per heavy atom. The summed E-state index contributed by atoms with van der Waals surface area (Å²) in [7, 11) is 0. The second-order valence-corrected chi connectivity index (χ2v) is 6.59. The van der Waals surface area contributed by atoms with Crippen molar-refractivity contribution in [1.82, 2.24) is 0 Å². The maximum Gasteiger partial charge on any atom is 0.00720 e. The molecular formula is C22H17Br. The first kappa shape index (κ1) is 14.5. The van der Waals surface area contributed by atoms with E-state index in [1.54, 1.807) is 0 Å². The molecule has 0 heterocycles. The summed E-state index contributed by atoms with van der Waals surface area (Å²) in [6, 6.07) is 19.9. The highest BCUT2D eigenvalue weighted by Crippen LogP contribution is 2.48. The van der Waals surface area contributed by atoms with Crippen LogP contribution in [-0.2, 0) is 0 Å². The molecule has 1 aliphatic rings. The highest BCUT2D eigenvalue weighted by atomic mass is 79.9. The number of allylic oxidation sites excluding steroid dienone is 3. The molecule has 0 N–H and O–H groups in total. The summed E-state index contributed by atoms with van der Waals surface area (Å²) >= 11 is 3.57. The van der Waals surface area contributed by atoms with Gasteiger partial charge in [-0.1, -0.05) is 89.3 Å². The molecule has 0 saturated heterocycles. The van der Waals surface area contributed by atoms with Gasteiger partial charge in [0.25, 0.3) is 0 Å². The highest BCUT2D eigenvalue weighted by molar-refractivity contribution is 9.09. The average molecular weight is 361 g/mol. The number of rotatable bonds is 4. The number of hydrogen-bond acceptors (Lipinski definition) is 0. The van der Waals surface area contributed by atoms with Crippen LogP contribution < -0.4 is 0 Å². The van der Waals surface area contributed by atoms with Crippen molar-refractivity contribution in [2.24, 2.45) is 0 Å². The lowest BCUT2D eigenvalue weighted by Crippen LogP contribution is -1.89. The Kier molecular flexibility index (Phi) is 3.66. The lowest BCUT2D eigenvalue weighted by Gasteiger charge is -2.12. The predicted molar refractivity (Wildman–Crippen MR) is 105 cm³/mol. The second kappa shape index (κ2) is 5.82. The van der Waals surface area contributed by atoms with Gasteiger partial charge in [-0.25, -0.2) is 0 Å². The first-order valence-electron chi connectivity index (χ1n) is 7.88. The highest BCUT2D eigenvalue weighted by Gasteiger charge is 2.22. The van der Waals surface area contributed by atoms with E-state index in [9.17, 15) is 0 Å². The smallest absolute Gasteiger partial charge is 0.00720 e. The third-order valence-corrected chi connectivity index (χ3v) is 4.97. The Balaban J connectivity index is 2.05. The van der Waals surface area contributed by atoms with Crippen molar-refractivity contribution in [3.05, 3.63) is 78.9 Å². The normalized spacial score (nSPS) is 12.5. The molecule has 4 rings (SSSR count). The molecule has 0 aliphatic heterocycles. The zero-order chi connectivity index (χ0) is 15.8. The molecule has 1 heteroatoms. The Morgan fingerprint density at radius 3 is 2.26 bits per heavy atom. The zero-order valence-electron chi connectivity index (χ0n) is 12.9. The van der Waals surface area contributed by atoms with Crippen molar-refractivity contribution >= 4 is 32.3 Å². The van der Waals surface area contributed by atoms with E-state index in [4.69, 9.17) is 0 Å². The number of hydrogen-bond donors (Lipinski definition) is 0. The van der Waals surface area contributed by atoms with E-state index in [1.807, 2.05) is 6.08 Å². The molecule has 0 amide bonds. The van der Waals surface area contributed by atoms with Crippen LogP contribution in [0.25, 0.3) is 38.6 Å². The monoisotopic (exact) mass is 360 g/mol. The Hall–Kier alpha value is -2.12. The lowest BCUT2D eigenvalue weighted by molar-refractivity contribution is 1.28. The topological polar surface area (TPSA) is 0 Å². The van der Waals surface area contributed by atoms with Gasteiger partial charge in [0.05, 0.1) is 0 Å². The van der Waals surface area contributed by atoms with Gasteiger partial charge in [-0.2, -0.15) is 0 Å². The maximum absolute atomic E-state index is 3.88. The van der Waals surface area contributed by atoms with E-state index in [1.165, 1.54) is 44.2 Å². The van der Waals surface area contributed by atoms with Crippen LogP contribution in [0.2, 0.25) is 0 Å². The van der Waals surface area contributed by atoms with Crippen molar-refractivity contribution in [3.8, 4) is 22.3 Å². The predicted octanol–water partition coefficient (Wildman–Crippen LogP) is 6.84. The summed E-state index contributed by atoms with van der Waals surface area (Å²) in [5.41, 5.74) is 8.05. The van der Waals surface area contributed by atoms with Crippen molar-refractivity contribution in [2.45, 2.75) is 6.42 Å². The van der Waals surface area contributed by atoms with Gasteiger partial charge in [0.1, 0.15) is 0 Å². The second-order valence-electron chi connectivity index (χ2n) is 5.80. The minimum atomic E-state index is 0.954. The van der Waals surface area contributed by atoms with Gasteiger partial charge in [-0.05, 0) is 50.6 Å². The maximum atomic E-state index is 3.88. The SMILES string of the molecule is C=C/C=C(\CCBr)c1ccc2c3c(cccc13)-c1ccccc1-2. The summed E-state index contributed by atoms with van der Waals surface area (Å²) in [6.07, 6.45) is 5.01. The van der Waals surface area contributed by atoms with E-state index in [2.05, 4.69) is 83.2 Å². The fourth-order valence-corrected chi connectivity index (χ4v) is 4.07. The van der Waals surface area contributed by atoms with Gasteiger partial charge in [0.15, 0.2) is 0 Å². The summed E-state index contributed by atoms with van der Waals surface area (Å²) in [6.45, 7) is 3.88. The van der Waals surface area contributed by atoms with Crippen LogP contribution in [0.4, 0.5) is 0 Å². The van der Waals surface area contributed by atoms with E-state index in [0.29, 0.717) is 0 Å². The minimum Gasteiger partial charge on any atom is -0.0991 e. The molecule has 3 aromatic rings. The van der Waals surface area contributed by atoms with Gasteiger partial charge < -0.3 is 0 Å². The van der Waals surface area contributed by atoms with Crippen LogP contribution in [0, 0.1) is 0 Å². The molecular weight excluding hydrogens is 344 g/mol. The third-order valence-electron chi connectivity index (χ3n) is 4.58. The van der Waals surface area contributed by atoms with E-state index in [-0.39, 0.29) is 0 Å². The van der Waals surface area contributed by atoms with Crippen LogP contribution in [-0.4, -0.2) is 5.33 Å². The van der Waals surface area contributed by atoms with Crippen molar-refractivity contribution in [3.63, 3.8) is 0 Å². The molecule has 0 fully saturated rings. The van der Waals surface area contributed by atoms with Crippen LogP contribution in [0.3, 0.4) is 0 Å². The largest absolute Gasteiger partial charge is 0.0991 e. The van der Waals surface area contributed by atoms with Crippen molar-refractivity contribution in [1.29, 1.82) is 0 Å². The lowest BCUT2D eigenvalue weighted by atomic mass is 9.93. The molecule has 0 unspecified atom stereocenters. The van der Waals surface area contributed by atoms with Gasteiger partial charge in [0, 0.05) is 5.33 Å². The van der Waals surface area contributed by atoms with Crippen LogP contribution in [0.1, 0.15) is 12.0 Å². The van der Waals surface area contributed by atoms with Crippen LogP contribution in [0.15, 0.2) is 73.3 Å². The van der Waals surface area contributed by atoms with E-state index in [0.717, 1.165) is 11.8 Å². The molecule has 1 aliphatic carbocycles. The van der Waals surface area contributed by atoms with E-state index >= 15 is 0 Å². The number of benzene rings is 3. The van der Waals surface area contributed by atoms with Gasteiger partial charge in [0.2, 0.25) is 0 Å². The molecule has 112 valence electrons. The van der Waals surface area contributed by atoms with Gasteiger partial charge >= 0.3 is 0 Å². The summed E-state index contributed by atoms with van der Waals surface area (Å²) < 4.78 is 0. The quantitative estimate of drug-likeness (QED) is 0.276. The van der Waals surface area contributed by atoms with Crippen molar-refractivity contribution < 1.29 is 0 Å². The Labute approximate surface area is 145 Å². The summed E-state index contributed by atoms with van der Waals surface area (Å²) in [4.78, 5) is 0. The van der Waals surface area contributed by atoms with E-state index < -0.39 is 0 Å². The molecule has 0 saturated carbocycles. The first-order valence-corrected chi connectivity index (χ1v) is 9.00. The molecule has 3 aromatic carbocycles. The molecule has 23 heavy (non-hydrogen) atoms. The first-order chi connectivity index (χ1) is 11.3. The minimum absolute atomic E-state index is 0.954. The standard InChI is InChI=1S/C22H17Br/c1-2-6-15(13-14-23)16-11-12-21-18-8-4-3-7-17(18)20-10-5-9-19(16)22(20)21/h2-12H,1,13-14H2/b15-6+. The number of halogens is 1. The molecule has 0 atom stereocenters. The van der Waals surface area contributed by atoms with Crippen molar-refractivity contribution in [2.75, 3.05) is 5.33 Å². The number of alkyl halides is 1. The molecule has 0 aromatic heterocycles. The van der Waals surface area contributed by atoms with Crippen LogP contribution in [0.5, 0.6) is 0 Å². The average Bonchev–Trinajstić information content (AvgIpc) is 2.92. The third kappa shape index (κ3) is 2.19. The van der Waals surface area contributed by atoms with Gasteiger partial charge in [-0.15, -0.1) is 0 Å². The summed E-state index contributed by atoms with van der Waals surface area (Å²) in [5.74, 6) is 0. The van der Waals surface area contributed by atoms with Crippen LogP contribution >= 0.6 is 15.9 Å².